The summed E-state index contributed by atoms with van der Waals surface area (Å²) in [5.41, 5.74) is 0. The maximum Gasteiger partial charge on any atom is 0.211 e. The van der Waals surface area contributed by atoms with Crippen LogP contribution in [0.15, 0.2) is 0 Å². The first-order chi connectivity index (χ1) is 9.55. The summed E-state index contributed by atoms with van der Waals surface area (Å²) >= 11 is 0. The summed E-state index contributed by atoms with van der Waals surface area (Å²) in [7, 11) is -3.00. The van der Waals surface area contributed by atoms with Crippen LogP contribution in [0.2, 0.25) is 0 Å². The molecule has 0 aliphatic carbocycles. The number of nitrogens with zero attached hydrogens (tertiary/aromatic N) is 2. The summed E-state index contributed by atoms with van der Waals surface area (Å²) in [6.07, 6.45) is 4.28. The van der Waals surface area contributed by atoms with Gasteiger partial charge in [0.2, 0.25) is 10.0 Å². The van der Waals surface area contributed by atoms with Gasteiger partial charge in [-0.2, -0.15) is 0 Å². The van der Waals surface area contributed by atoms with Crippen LogP contribution in [0, 0.1) is 0 Å². The molecule has 2 aliphatic heterocycles. The highest BCUT2D eigenvalue weighted by Gasteiger charge is 2.24. The Morgan fingerprint density at radius 3 is 2.40 bits per heavy atom. The molecule has 0 amide bonds. The van der Waals surface area contributed by atoms with Crippen LogP contribution in [-0.2, 0) is 14.8 Å². The van der Waals surface area contributed by atoms with Gasteiger partial charge in [0.05, 0.1) is 19.5 Å². The maximum absolute atomic E-state index is 11.4. The fourth-order valence-electron chi connectivity index (χ4n) is 2.83. The smallest absolute Gasteiger partial charge is 0.211 e. The molecule has 1 N–H and O–H groups in total. The standard InChI is InChI=1S/C13H27N3O3S/c1-20(17,18)16-7-3-13(4-8-16)14-5-2-6-15-9-11-19-12-10-15/h13-14H,2-12H2,1H3. The molecule has 0 bridgehead atoms. The van der Waals surface area contributed by atoms with Crippen LogP contribution in [-0.4, -0.2) is 82.4 Å². The molecular weight excluding hydrogens is 278 g/mol. The Bertz CT molecular complexity index is 374. The number of nitrogens with one attached hydrogen (secondary N) is 1. The molecule has 0 radical (unpaired) electrons. The second-order valence-corrected chi connectivity index (χ2v) is 7.68. The summed E-state index contributed by atoms with van der Waals surface area (Å²) in [4.78, 5) is 2.44. The van der Waals surface area contributed by atoms with Crippen molar-refractivity contribution in [2.45, 2.75) is 25.3 Å². The van der Waals surface area contributed by atoms with Crippen LogP contribution < -0.4 is 5.32 Å². The van der Waals surface area contributed by atoms with Gasteiger partial charge < -0.3 is 10.1 Å². The van der Waals surface area contributed by atoms with Crippen LogP contribution in [0.5, 0.6) is 0 Å². The molecule has 0 spiro atoms. The van der Waals surface area contributed by atoms with Crippen molar-refractivity contribution >= 4 is 10.0 Å². The van der Waals surface area contributed by atoms with E-state index < -0.39 is 10.0 Å². The highest BCUT2D eigenvalue weighted by atomic mass is 32.2. The predicted octanol–water partition coefficient (Wildman–Crippen LogP) is -0.278. The molecule has 2 fully saturated rings. The van der Waals surface area contributed by atoms with Crippen LogP contribution >= 0.6 is 0 Å². The van der Waals surface area contributed by atoms with Crippen LogP contribution in [0.1, 0.15) is 19.3 Å². The normalized spacial score (nSPS) is 24.1. The van der Waals surface area contributed by atoms with E-state index in [1.165, 1.54) is 6.26 Å². The van der Waals surface area contributed by atoms with E-state index >= 15 is 0 Å². The Morgan fingerprint density at radius 2 is 1.80 bits per heavy atom. The average molecular weight is 305 g/mol. The van der Waals surface area contributed by atoms with E-state index in [0.29, 0.717) is 19.1 Å². The lowest BCUT2D eigenvalue weighted by Gasteiger charge is -2.31. The number of piperidine rings is 1. The lowest BCUT2D eigenvalue weighted by atomic mass is 10.1. The van der Waals surface area contributed by atoms with Gasteiger partial charge in [-0.25, -0.2) is 12.7 Å². The van der Waals surface area contributed by atoms with E-state index in [4.69, 9.17) is 4.74 Å². The Labute approximate surface area is 122 Å². The summed E-state index contributed by atoms with van der Waals surface area (Å²) in [6.45, 7) is 7.26. The van der Waals surface area contributed by atoms with E-state index in [1.54, 1.807) is 4.31 Å². The number of morpholine rings is 1. The highest BCUT2D eigenvalue weighted by Crippen LogP contribution is 2.13. The van der Waals surface area contributed by atoms with E-state index in [-0.39, 0.29) is 0 Å². The van der Waals surface area contributed by atoms with Gasteiger partial charge >= 0.3 is 0 Å². The zero-order valence-corrected chi connectivity index (χ0v) is 13.2. The van der Waals surface area contributed by atoms with Gasteiger partial charge in [-0.3, -0.25) is 4.90 Å². The number of hydrogen-bond acceptors (Lipinski definition) is 5. The van der Waals surface area contributed by atoms with E-state index in [0.717, 1.165) is 58.7 Å². The maximum atomic E-state index is 11.4. The molecule has 0 aromatic rings. The van der Waals surface area contributed by atoms with Crippen molar-refractivity contribution in [1.29, 1.82) is 0 Å². The molecular formula is C13H27N3O3S. The number of ether oxygens (including phenoxy) is 1. The molecule has 2 rings (SSSR count). The van der Waals surface area contributed by atoms with E-state index in [2.05, 4.69) is 10.2 Å². The van der Waals surface area contributed by atoms with E-state index in [9.17, 15) is 8.42 Å². The van der Waals surface area contributed by atoms with Crippen molar-refractivity contribution in [3.05, 3.63) is 0 Å². The monoisotopic (exact) mass is 305 g/mol. The summed E-state index contributed by atoms with van der Waals surface area (Å²) in [5.74, 6) is 0. The predicted molar refractivity (Wildman–Crippen MR) is 79.3 cm³/mol. The Hall–Kier alpha value is -0.210. The first-order valence-electron chi connectivity index (χ1n) is 7.54. The number of sulfonamides is 1. The third-order valence-electron chi connectivity index (χ3n) is 4.11. The minimum absolute atomic E-state index is 0.470. The lowest BCUT2D eigenvalue weighted by Crippen LogP contribution is -2.45. The van der Waals surface area contributed by atoms with Gasteiger partial charge in [0, 0.05) is 32.2 Å². The van der Waals surface area contributed by atoms with Gasteiger partial charge in [-0.05, 0) is 32.4 Å². The number of hydrogen-bond donors (Lipinski definition) is 1. The molecule has 0 unspecified atom stereocenters. The second-order valence-electron chi connectivity index (χ2n) is 5.70. The molecule has 0 atom stereocenters. The summed E-state index contributed by atoms with van der Waals surface area (Å²) in [6, 6.07) is 0.470. The topological polar surface area (TPSA) is 61.9 Å². The van der Waals surface area contributed by atoms with Crippen molar-refractivity contribution in [2.24, 2.45) is 0 Å². The van der Waals surface area contributed by atoms with Gasteiger partial charge in [-0.15, -0.1) is 0 Å². The first kappa shape index (κ1) is 16.2. The zero-order chi connectivity index (χ0) is 14.4. The van der Waals surface area contributed by atoms with Gasteiger partial charge in [0.1, 0.15) is 0 Å². The molecule has 0 aromatic heterocycles. The number of rotatable bonds is 6. The molecule has 118 valence electrons. The third-order valence-corrected chi connectivity index (χ3v) is 5.41. The second kappa shape index (κ2) is 7.70. The van der Waals surface area contributed by atoms with Crippen LogP contribution in [0.4, 0.5) is 0 Å². The lowest BCUT2D eigenvalue weighted by molar-refractivity contribution is 0.0373. The van der Waals surface area contributed by atoms with Crippen LogP contribution in [0.3, 0.4) is 0 Å². The summed E-state index contributed by atoms with van der Waals surface area (Å²) in [5, 5.41) is 3.55. The third kappa shape index (κ3) is 5.29. The largest absolute Gasteiger partial charge is 0.379 e. The molecule has 2 saturated heterocycles. The molecule has 2 heterocycles. The molecule has 6 nitrogen and oxygen atoms in total. The SMILES string of the molecule is CS(=O)(=O)N1CCC(NCCCN2CCOCC2)CC1. The van der Waals surface area contributed by atoms with Crippen molar-refractivity contribution in [3.63, 3.8) is 0 Å². The summed E-state index contributed by atoms with van der Waals surface area (Å²) < 4.78 is 29.7. The van der Waals surface area contributed by atoms with Crippen molar-refractivity contribution in [1.82, 2.24) is 14.5 Å². The van der Waals surface area contributed by atoms with Gasteiger partial charge in [0.25, 0.3) is 0 Å². The average Bonchev–Trinajstić information content (AvgIpc) is 2.44. The fourth-order valence-corrected chi connectivity index (χ4v) is 3.70. The Kier molecular flexibility index (Phi) is 6.22. The fraction of sp³-hybridized carbons (Fsp3) is 1.00. The van der Waals surface area contributed by atoms with Crippen molar-refractivity contribution in [2.75, 3.05) is 58.7 Å². The quantitative estimate of drug-likeness (QED) is 0.684. The van der Waals surface area contributed by atoms with Crippen LogP contribution in [0.25, 0.3) is 0 Å². The van der Waals surface area contributed by atoms with Gasteiger partial charge in [-0.1, -0.05) is 0 Å². The van der Waals surface area contributed by atoms with Crippen molar-refractivity contribution in [3.8, 4) is 0 Å². The van der Waals surface area contributed by atoms with E-state index in [1.807, 2.05) is 0 Å². The molecule has 0 saturated carbocycles. The molecule has 7 heteroatoms. The zero-order valence-electron chi connectivity index (χ0n) is 12.4. The highest BCUT2D eigenvalue weighted by molar-refractivity contribution is 7.88. The minimum atomic E-state index is -3.00. The van der Waals surface area contributed by atoms with Gasteiger partial charge in [0.15, 0.2) is 0 Å². The molecule has 2 aliphatic rings. The van der Waals surface area contributed by atoms with Crippen molar-refractivity contribution < 1.29 is 13.2 Å². The minimum Gasteiger partial charge on any atom is -0.379 e. The Balaban J connectivity index is 1.55. The Morgan fingerprint density at radius 1 is 1.15 bits per heavy atom. The first-order valence-corrected chi connectivity index (χ1v) is 9.39. The molecule has 0 aromatic carbocycles. The molecule has 20 heavy (non-hydrogen) atoms.